The van der Waals surface area contributed by atoms with Gasteiger partial charge in [0.2, 0.25) is 0 Å². The topological polar surface area (TPSA) is 72.7 Å². The largest absolute Gasteiger partial charge is 0.339 e. The molecular weight excluding hydrogens is 402 g/mol. The fourth-order valence-corrected chi connectivity index (χ4v) is 3.80. The quantitative estimate of drug-likeness (QED) is 0.708. The van der Waals surface area contributed by atoms with Crippen LogP contribution in [0.25, 0.3) is 11.0 Å². The summed E-state index contributed by atoms with van der Waals surface area (Å²) in [6.07, 6.45) is 3.13. The number of nitrogens with zero attached hydrogens (tertiary/aromatic N) is 4. The van der Waals surface area contributed by atoms with Gasteiger partial charge >= 0.3 is 0 Å². The number of anilines is 2. The molecule has 0 radical (unpaired) electrons. The third-order valence-corrected chi connectivity index (χ3v) is 4.89. The summed E-state index contributed by atoms with van der Waals surface area (Å²) < 4.78 is 13.8. The van der Waals surface area contributed by atoms with E-state index in [0.29, 0.717) is 21.2 Å². The molecule has 23 heavy (non-hydrogen) atoms. The standard InChI is InChI=1S/C14H13BrClN5OS/c1-21-14-11(12(15)20-21)13(17-7-18-14)19-9-3-4-10(16)8(5-9)6-23(2)22/h3-5,7H,6H2,1-2H3,(H,17,18,19). The first-order valence-corrected chi connectivity index (χ1v) is 9.54. The fraction of sp³-hybridized carbons (Fsp3) is 0.214. The second-order valence-electron chi connectivity index (χ2n) is 4.98. The van der Waals surface area contributed by atoms with E-state index < -0.39 is 10.8 Å². The van der Waals surface area contributed by atoms with Gasteiger partial charge in [-0.1, -0.05) is 11.6 Å². The number of halogens is 2. The minimum Gasteiger partial charge on any atom is -0.339 e. The molecule has 0 aliphatic carbocycles. The lowest BCUT2D eigenvalue weighted by atomic mass is 10.2. The molecule has 6 nitrogen and oxygen atoms in total. The number of fused-ring (bicyclic) bond motifs is 1. The maximum Gasteiger partial charge on any atom is 0.164 e. The first kappa shape index (κ1) is 16.4. The molecular formula is C14H13BrClN5OS. The Kier molecular flexibility index (Phi) is 4.65. The average molecular weight is 415 g/mol. The van der Waals surface area contributed by atoms with Crippen LogP contribution in [0, 0.1) is 0 Å². The Bertz CT molecular complexity index is 914. The molecule has 0 saturated heterocycles. The van der Waals surface area contributed by atoms with Crippen LogP contribution in [-0.4, -0.2) is 30.2 Å². The Morgan fingerprint density at radius 3 is 2.91 bits per heavy atom. The highest BCUT2D eigenvalue weighted by Crippen LogP contribution is 2.30. The Labute approximate surface area is 148 Å². The molecule has 1 atom stereocenters. The SMILES string of the molecule is Cn1nc(Br)c2c(Nc3ccc(Cl)c(CS(C)=O)c3)ncnc21. The van der Waals surface area contributed by atoms with E-state index in [4.69, 9.17) is 11.6 Å². The molecule has 0 bridgehead atoms. The molecule has 3 aromatic rings. The zero-order valence-corrected chi connectivity index (χ0v) is 15.5. The molecule has 0 aliphatic rings. The molecule has 1 aromatic carbocycles. The fourth-order valence-electron chi connectivity index (χ4n) is 2.25. The van der Waals surface area contributed by atoms with Crippen LogP contribution in [0.2, 0.25) is 5.02 Å². The van der Waals surface area contributed by atoms with Crippen molar-refractivity contribution in [2.75, 3.05) is 11.6 Å². The van der Waals surface area contributed by atoms with Gasteiger partial charge in [-0.2, -0.15) is 5.10 Å². The van der Waals surface area contributed by atoms with Crippen LogP contribution in [0.4, 0.5) is 11.5 Å². The zero-order chi connectivity index (χ0) is 16.6. The number of hydrogen-bond donors (Lipinski definition) is 1. The van der Waals surface area contributed by atoms with E-state index in [1.165, 1.54) is 6.33 Å². The summed E-state index contributed by atoms with van der Waals surface area (Å²) in [5, 5.41) is 8.94. The van der Waals surface area contributed by atoms with Gasteiger partial charge in [-0.15, -0.1) is 0 Å². The number of hydrogen-bond acceptors (Lipinski definition) is 5. The predicted molar refractivity (Wildman–Crippen MR) is 96.5 cm³/mol. The Morgan fingerprint density at radius 1 is 1.39 bits per heavy atom. The predicted octanol–water partition coefficient (Wildman–Crippen LogP) is 3.40. The number of nitrogens with one attached hydrogen (secondary N) is 1. The molecule has 1 unspecified atom stereocenters. The van der Waals surface area contributed by atoms with Gasteiger partial charge in [0.05, 0.1) is 5.39 Å². The molecule has 9 heteroatoms. The highest BCUT2D eigenvalue weighted by molar-refractivity contribution is 9.10. The molecule has 3 rings (SSSR count). The maximum absolute atomic E-state index is 11.5. The van der Waals surface area contributed by atoms with E-state index in [9.17, 15) is 4.21 Å². The monoisotopic (exact) mass is 413 g/mol. The van der Waals surface area contributed by atoms with Crippen molar-refractivity contribution in [2.24, 2.45) is 7.05 Å². The maximum atomic E-state index is 11.5. The van der Waals surface area contributed by atoms with E-state index in [1.807, 2.05) is 19.2 Å². The van der Waals surface area contributed by atoms with E-state index >= 15 is 0 Å². The molecule has 0 saturated carbocycles. The highest BCUT2D eigenvalue weighted by Gasteiger charge is 2.14. The van der Waals surface area contributed by atoms with Gasteiger partial charge in [-0.05, 0) is 39.7 Å². The van der Waals surface area contributed by atoms with Gasteiger partial charge < -0.3 is 5.32 Å². The molecule has 0 aliphatic heterocycles. The normalized spacial score (nSPS) is 12.5. The van der Waals surface area contributed by atoms with Crippen LogP contribution < -0.4 is 5.32 Å². The average Bonchev–Trinajstić information content (AvgIpc) is 2.78. The van der Waals surface area contributed by atoms with Gasteiger partial charge in [-0.25, -0.2) is 14.6 Å². The van der Waals surface area contributed by atoms with E-state index in [-0.39, 0.29) is 0 Å². The van der Waals surface area contributed by atoms with Gasteiger partial charge in [-0.3, -0.25) is 4.21 Å². The molecule has 2 aromatic heterocycles. The highest BCUT2D eigenvalue weighted by atomic mass is 79.9. The van der Waals surface area contributed by atoms with Crippen LogP contribution in [0.1, 0.15) is 5.56 Å². The van der Waals surface area contributed by atoms with Crippen molar-refractivity contribution in [3.8, 4) is 0 Å². The molecule has 2 heterocycles. The third kappa shape index (κ3) is 3.39. The lowest BCUT2D eigenvalue weighted by molar-refractivity contribution is 0.686. The van der Waals surface area contributed by atoms with E-state index in [1.54, 1.807) is 17.0 Å². The van der Waals surface area contributed by atoms with Crippen molar-refractivity contribution >= 4 is 60.9 Å². The van der Waals surface area contributed by atoms with Crippen molar-refractivity contribution in [1.29, 1.82) is 0 Å². The summed E-state index contributed by atoms with van der Waals surface area (Å²) in [5.41, 5.74) is 2.36. The number of aryl methyl sites for hydroxylation is 1. The first-order chi connectivity index (χ1) is 11.0. The lowest BCUT2D eigenvalue weighted by Crippen LogP contribution is -1.99. The molecule has 0 fully saturated rings. The molecule has 1 N–H and O–H groups in total. The van der Waals surface area contributed by atoms with Crippen molar-refractivity contribution in [3.63, 3.8) is 0 Å². The summed E-state index contributed by atoms with van der Waals surface area (Å²) >= 11 is 9.59. The zero-order valence-electron chi connectivity index (χ0n) is 12.4. The van der Waals surface area contributed by atoms with Crippen LogP contribution in [0.15, 0.2) is 29.1 Å². The van der Waals surface area contributed by atoms with Crippen molar-refractivity contribution < 1.29 is 4.21 Å². The smallest absolute Gasteiger partial charge is 0.164 e. The van der Waals surface area contributed by atoms with Gasteiger partial charge in [0.15, 0.2) is 5.65 Å². The summed E-state index contributed by atoms with van der Waals surface area (Å²) in [7, 11) is 0.857. The number of benzene rings is 1. The minimum atomic E-state index is -0.963. The Morgan fingerprint density at radius 2 is 2.17 bits per heavy atom. The van der Waals surface area contributed by atoms with Gasteiger partial charge in [0, 0.05) is 40.6 Å². The summed E-state index contributed by atoms with van der Waals surface area (Å²) in [6, 6.07) is 5.51. The molecule has 120 valence electrons. The van der Waals surface area contributed by atoms with Gasteiger partial charge in [0.25, 0.3) is 0 Å². The second-order valence-corrected chi connectivity index (χ2v) is 7.58. The van der Waals surface area contributed by atoms with Crippen LogP contribution >= 0.6 is 27.5 Å². The van der Waals surface area contributed by atoms with Crippen LogP contribution in [0.5, 0.6) is 0 Å². The lowest BCUT2D eigenvalue weighted by Gasteiger charge is -2.09. The Hall–Kier alpha value is -1.51. The third-order valence-electron chi connectivity index (χ3n) is 3.25. The second kappa shape index (κ2) is 6.54. The number of aromatic nitrogens is 4. The van der Waals surface area contributed by atoms with Crippen molar-refractivity contribution in [1.82, 2.24) is 19.7 Å². The summed E-state index contributed by atoms with van der Waals surface area (Å²) in [6.45, 7) is 0. The van der Waals surface area contributed by atoms with E-state index in [2.05, 4.69) is 36.3 Å². The molecule has 0 amide bonds. The summed E-state index contributed by atoms with van der Waals surface area (Å²) in [5.74, 6) is 1.05. The van der Waals surface area contributed by atoms with E-state index in [0.717, 1.165) is 22.3 Å². The Balaban J connectivity index is 2.01. The van der Waals surface area contributed by atoms with Crippen LogP contribution in [0.3, 0.4) is 0 Å². The van der Waals surface area contributed by atoms with Gasteiger partial charge in [0.1, 0.15) is 16.7 Å². The van der Waals surface area contributed by atoms with Crippen LogP contribution in [-0.2, 0) is 23.6 Å². The van der Waals surface area contributed by atoms with Crippen molar-refractivity contribution in [2.45, 2.75) is 5.75 Å². The number of rotatable bonds is 4. The van der Waals surface area contributed by atoms with Crippen molar-refractivity contribution in [3.05, 3.63) is 39.7 Å². The first-order valence-electron chi connectivity index (χ1n) is 6.64. The summed E-state index contributed by atoms with van der Waals surface area (Å²) in [4.78, 5) is 8.52. The minimum absolute atomic E-state index is 0.407. The molecule has 0 spiro atoms.